The van der Waals surface area contributed by atoms with E-state index in [0.29, 0.717) is 5.13 Å². The van der Waals surface area contributed by atoms with Gasteiger partial charge in [-0.3, -0.25) is 4.72 Å². The van der Waals surface area contributed by atoms with Crippen molar-refractivity contribution in [2.75, 3.05) is 10.5 Å². The number of nitrogens with zero attached hydrogens (tertiary/aromatic N) is 1. The van der Waals surface area contributed by atoms with E-state index in [1.165, 1.54) is 29.5 Å². The Balaban J connectivity index is 1.89. The van der Waals surface area contributed by atoms with Crippen molar-refractivity contribution in [3.63, 3.8) is 0 Å². The summed E-state index contributed by atoms with van der Waals surface area (Å²) < 4.78 is 26.9. The van der Waals surface area contributed by atoms with Crippen LogP contribution in [0.15, 0.2) is 23.1 Å². The number of nitrogens with one attached hydrogen (secondary N) is 1. The van der Waals surface area contributed by atoms with E-state index in [0.717, 1.165) is 29.8 Å². The van der Waals surface area contributed by atoms with Crippen LogP contribution in [-0.2, 0) is 22.9 Å². The van der Waals surface area contributed by atoms with Crippen molar-refractivity contribution < 1.29 is 13.5 Å². The quantitative estimate of drug-likeness (QED) is 0.591. The summed E-state index contributed by atoms with van der Waals surface area (Å²) in [5.74, 6) is -0.142. The number of fused-ring (bicyclic) bond motifs is 1. The van der Waals surface area contributed by atoms with Crippen LogP contribution in [0.4, 0.5) is 10.8 Å². The average molecular weight is 311 g/mol. The molecule has 1 aromatic heterocycles. The molecule has 1 heterocycles. The minimum Gasteiger partial charge on any atom is -0.506 e. The largest absolute Gasteiger partial charge is 0.506 e. The van der Waals surface area contributed by atoms with Crippen LogP contribution in [-0.4, -0.2) is 18.5 Å². The Labute approximate surface area is 120 Å². The van der Waals surface area contributed by atoms with E-state index < -0.39 is 10.0 Å². The summed E-state index contributed by atoms with van der Waals surface area (Å²) in [5, 5.41) is 9.70. The third-order valence-electron chi connectivity index (χ3n) is 3.13. The lowest BCUT2D eigenvalue weighted by atomic mass is 10.3. The number of aromatic hydroxyl groups is 1. The molecule has 4 N–H and O–H groups in total. The van der Waals surface area contributed by atoms with E-state index in [1.54, 1.807) is 0 Å². The van der Waals surface area contributed by atoms with Gasteiger partial charge in [0.25, 0.3) is 10.0 Å². The number of anilines is 2. The fraction of sp³-hybridized carbons (Fsp3) is 0.250. The molecule has 0 atom stereocenters. The predicted octanol–water partition coefficient (Wildman–Crippen LogP) is 1.72. The zero-order valence-electron chi connectivity index (χ0n) is 10.5. The number of benzene rings is 1. The molecule has 3 rings (SSSR count). The molecular formula is C12H13N3O3S2. The minimum absolute atomic E-state index is 0.00293. The molecule has 0 saturated heterocycles. The second-order valence-corrected chi connectivity index (χ2v) is 7.33. The molecule has 0 fully saturated rings. The lowest BCUT2D eigenvalue weighted by molar-refractivity contribution is 0.477. The molecule has 1 aliphatic rings. The van der Waals surface area contributed by atoms with Gasteiger partial charge in [0.1, 0.15) is 5.75 Å². The molecule has 2 aromatic rings. The van der Waals surface area contributed by atoms with E-state index in [1.807, 2.05) is 0 Å². The van der Waals surface area contributed by atoms with E-state index in [2.05, 4.69) is 9.71 Å². The number of nitrogen functional groups attached to an aromatic ring is 1. The molecule has 0 aliphatic heterocycles. The molecule has 0 amide bonds. The molecule has 6 nitrogen and oxygen atoms in total. The van der Waals surface area contributed by atoms with E-state index in [-0.39, 0.29) is 16.3 Å². The van der Waals surface area contributed by atoms with E-state index >= 15 is 0 Å². The van der Waals surface area contributed by atoms with Gasteiger partial charge in [-0.25, -0.2) is 13.4 Å². The Morgan fingerprint density at radius 3 is 2.85 bits per heavy atom. The fourth-order valence-corrected chi connectivity index (χ4v) is 4.43. The molecule has 1 aromatic carbocycles. The average Bonchev–Trinajstić information content (AvgIpc) is 2.92. The normalized spacial score (nSPS) is 14.2. The van der Waals surface area contributed by atoms with Crippen LogP contribution in [0.25, 0.3) is 0 Å². The van der Waals surface area contributed by atoms with E-state index in [9.17, 15) is 13.5 Å². The Kier molecular flexibility index (Phi) is 3.06. The van der Waals surface area contributed by atoms with Gasteiger partial charge in [-0.05, 0) is 37.5 Å². The molecule has 0 unspecified atom stereocenters. The van der Waals surface area contributed by atoms with Crippen LogP contribution in [0.5, 0.6) is 5.75 Å². The number of hydrogen-bond donors (Lipinski definition) is 3. The number of sulfonamides is 1. The molecule has 0 spiro atoms. The smallest absolute Gasteiger partial charge is 0.263 e. The topological polar surface area (TPSA) is 105 Å². The van der Waals surface area contributed by atoms with Gasteiger partial charge >= 0.3 is 0 Å². The first-order chi connectivity index (χ1) is 9.45. The minimum atomic E-state index is -3.73. The lowest BCUT2D eigenvalue weighted by Crippen LogP contribution is -2.13. The van der Waals surface area contributed by atoms with E-state index in [4.69, 9.17) is 5.73 Å². The van der Waals surface area contributed by atoms with Gasteiger partial charge in [-0.1, -0.05) is 0 Å². The highest BCUT2D eigenvalue weighted by molar-refractivity contribution is 7.93. The van der Waals surface area contributed by atoms with Crippen molar-refractivity contribution in [3.05, 3.63) is 28.8 Å². The lowest BCUT2D eigenvalue weighted by Gasteiger charge is -2.06. The van der Waals surface area contributed by atoms with Crippen LogP contribution >= 0.6 is 11.3 Å². The summed E-state index contributed by atoms with van der Waals surface area (Å²) in [4.78, 5) is 5.44. The van der Waals surface area contributed by atoms with Crippen LogP contribution in [0.2, 0.25) is 0 Å². The highest BCUT2D eigenvalue weighted by Crippen LogP contribution is 2.32. The predicted molar refractivity (Wildman–Crippen MR) is 77.5 cm³/mol. The van der Waals surface area contributed by atoms with Gasteiger partial charge in [-0.15, -0.1) is 11.3 Å². The van der Waals surface area contributed by atoms with Crippen LogP contribution < -0.4 is 10.5 Å². The number of nitrogens with two attached hydrogens (primary N) is 1. The van der Waals surface area contributed by atoms with Gasteiger partial charge in [0.15, 0.2) is 5.13 Å². The standard InChI is InChI=1S/C12H13N3O3S2/c13-8-6-7(4-5-10(8)16)20(17,18)15-12-14-9-2-1-3-11(9)19-12/h4-6,16H,1-3,13H2,(H,14,15). The molecular weight excluding hydrogens is 298 g/mol. The highest BCUT2D eigenvalue weighted by Gasteiger charge is 2.21. The third kappa shape index (κ3) is 2.32. The zero-order valence-corrected chi connectivity index (χ0v) is 12.1. The monoisotopic (exact) mass is 311 g/mol. The third-order valence-corrected chi connectivity index (χ3v) is 5.67. The maximum Gasteiger partial charge on any atom is 0.263 e. The first-order valence-corrected chi connectivity index (χ1v) is 8.35. The molecule has 20 heavy (non-hydrogen) atoms. The van der Waals surface area contributed by atoms with Gasteiger partial charge < -0.3 is 10.8 Å². The SMILES string of the molecule is Nc1cc(S(=O)(=O)Nc2nc3c(s2)CCC3)ccc1O. The van der Waals surface area contributed by atoms with Gasteiger partial charge in [0, 0.05) is 4.88 Å². The number of aromatic nitrogens is 1. The molecule has 0 saturated carbocycles. The first-order valence-electron chi connectivity index (χ1n) is 6.05. The maximum absolute atomic E-state index is 12.2. The second kappa shape index (κ2) is 4.64. The number of phenolic OH excluding ortho intramolecular Hbond substituents is 1. The number of aryl methyl sites for hydroxylation is 2. The number of phenols is 1. The fourth-order valence-electron chi connectivity index (χ4n) is 2.11. The number of hydrogen-bond acceptors (Lipinski definition) is 6. The number of thiazole rings is 1. The maximum atomic E-state index is 12.2. The molecule has 8 heteroatoms. The summed E-state index contributed by atoms with van der Waals surface area (Å²) in [5.41, 5.74) is 6.52. The van der Waals surface area contributed by atoms with Crippen molar-refractivity contribution in [2.24, 2.45) is 0 Å². The Morgan fingerprint density at radius 2 is 2.15 bits per heavy atom. The van der Waals surface area contributed by atoms with Crippen molar-refractivity contribution in [3.8, 4) is 5.75 Å². The number of rotatable bonds is 3. The molecule has 1 aliphatic carbocycles. The summed E-state index contributed by atoms with van der Waals surface area (Å²) in [6.07, 6.45) is 2.94. The van der Waals surface area contributed by atoms with Crippen molar-refractivity contribution >= 4 is 32.2 Å². The van der Waals surface area contributed by atoms with Gasteiger partial charge in [0.05, 0.1) is 16.3 Å². The van der Waals surface area contributed by atoms with Crippen LogP contribution in [0.1, 0.15) is 17.0 Å². The second-order valence-electron chi connectivity index (χ2n) is 4.57. The van der Waals surface area contributed by atoms with Crippen LogP contribution in [0.3, 0.4) is 0 Å². The zero-order chi connectivity index (χ0) is 14.3. The molecule has 0 bridgehead atoms. The summed E-state index contributed by atoms with van der Waals surface area (Å²) in [6, 6.07) is 3.78. The van der Waals surface area contributed by atoms with Gasteiger partial charge in [-0.2, -0.15) is 0 Å². The van der Waals surface area contributed by atoms with Crippen molar-refractivity contribution in [1.82, 2.24) is 4.98 Å². The molecule has 106 valence electrons. The molecule has 0 radical (unpaired) electrons. The van der Waals surface area contributed by atoms with Gasteiger partial charge in [0.2, 0.25) is 0 Å². The van der Waals surface area contributed by atoms with Crippen molar-refractivity contribution in [1.29, 1.82) is 0 Å². The first kappa shape index (κ1) is 13.2. The Morgan fingerprint density at radius 1 is 1.35 bits per heavy atom. The summed E-state index contributed by atoms with van der Waals surface area (Å²) >= 11 is 1.37. The Hall–Kier alpha value is -1.80. The van der Waals surface area contributed by atoms with Crippen LogP contribution in [0, 0.1) is 0 Å². The Bertz CT molecular complexity index is 747. The highest BCUT2D eigenvalue weighted by atomic mass is 32.2. The summed E-state index contributed by atoms with van der Waals surface area (Å²) in [7, 11) is -3.73. The van der Waals surface area contributed by atoms with Crippen molar-refractivity contribution in [2.45, 2.75) is 24.2 Å². The summed E-state index contributed by atoms with van der Waals surface area (Å²) in [6.45, 7) is 0.